The first-order chi connectivity index (χ1) is 15.9. The number of nitrogens with zero attached hydrogens (tertiary/aromatic N) is 1. The molecule has 3 rings (SSSR count). The third-order valence-corrected chi connectivity index (χ3v) is 5.38. The lowest BCUT2D eigenvalue weighted by Gasteiger charge is -2.13. The van der Waals surface area contributed by atoms with Crippen molar-refractivity contribution in [3.63, 3.8) is 0 Å². The van der Waals surface area contributed by atoms with Gasteiger partial charge in [0.2, 0.25) is 0 Å². The van der Waals surface area contributed by atoms with E-state index >= 15 is 0 Å². The first-order valence-corrected chi connectivity index (χ1v) is 10.9. The van der Waals surface area contributed by atoms with Crippen LogP contribution in [0.3, 0.4) is 0 Å². The molecule has 0 radical (unpaired) electrons. The molecule has 0 aromatic heterocycles. The Morgan fingerprint density at radius 1 is 0.970 bits per heavy atom. The second-order valence-electron chi connectivity index (χ2n) is 6.72. The number of carbonyl (C=O) groups excluding carboxylic acids is 1. The topological polar surface area (TPSA) is 78.4 Å². The van der Waals surface area contributed by atoms with Gasteiger partial charge < -0.3 is 18.9 Å². The maximum Gasteiger partial charge on any atom is 0.271 e. The Bertz CT molecular complexity index is 1150. The molecule has 0 heterocycles. The average molecular weight is 534 g/mol. The maximum atomic E-state index is 12.4. The third kappa shape index (κ3) is 6.40. The van der Waals surface area contributed by atoms with Gasteiger partial charge in [-0.1, -0.05) is 39.7 Å². The lowest BCUT2D eigenvalue weighted by Crippen LogP contribution is -2.17. The number of ether oxygens (including phenoxy) is 4. The van der Waals surface area contributed by atoms with E-state index in [2.05, 4.69) is 26.5 Å². The number of halogens is 2. The van der Waals surface area contributed by atoms with Crippen molar-refractivity contribution < 1.29 is 23.7 Å². The highest BCUT2D eigenvalue weighted by Gasteiger charge is 2.13. The van der Waals surface area contributed by atoms with E-state index in [1.807, 2.05) is 24.3 Å². The quantitative estimate of drug-likeness (QED) is 0.291. The van der Waals surface area contributed by atoms with E-state index in [0.29, 0.717) is 45.8 Å². The van der Waals surface area contributed by atoms with Crippen LogP contribution in [0.4, 0.5) is 0 Å². The minimum absolute atomic E-state index is 0.332. The predicted octanol–water partition coefficient (Wildman–Crippen LogP) is 5.47. The van der Waals surface area contributed by atoms with Gasteiger partial charge in [0.25, 0.3) is 5.91 Å². The van der Waals surface area contributed by atoms with Crippen LogP contribution in [0.1, 0.15) is 21.5 Å². The van der Waals surface area contributed by atoms with Crippen molar-refractivity contribution in [1.29, 1.82) is 0 Å². The van der Waals surface area contributed by atoms with Crippen molar-refractivity contribution in [3.05, 3.63) is 80.8 Å². The summed E-state index contributed by atoms with van der Waals surface area (Å²) in [6.07, 6.45) is 1.46. The van der Waals surface area contributed by atoms with Crippen molar-refractivity contribution in [2.75, 3.05) is 21.3 Å². The first-order valence-electron chi connectivity index (χ1n) is 9.75. The molecule has 1 N–H and O–H groups in total. The Morgan fingerprint density at radius 2 is 1.67 bits per heavy atom. The fraction of sp³-hybridized carbons (Fsp3) is 0.167. The Labute approximate surface area is 205 Å². The van der Waals surface area contributed by atoms with Crippen molar-refractivity contribution in [2.24, 2.45) is 5.10 Å². The Morgan fingerprint density at radius 3 is 2.33 bits per heavy atom. The number of benzene rings is 3. The van der Waals surface area contributed by atoms with Gasteiger partial charge in [0.15, 0.2) is 23.0 Å². The van der Waals surface area contributed by atoms with Crippen LogP contribution >= 0.6 is 27.5 Å². The van der Waals surface area contributed by atoms with Crippen molar-refractivity contribution >= 4 is 39.7 Å². The van der Waals surface area contributed by atoms with Crippen molar-refractivity contribution in [3.8, 4) is 23.0 Å². The largest absolute Gasteiger partial charge is 0.493 e. The summed E-state index contributed by atoms with van der Waals surface area (Å²) in [4.78, 5) is 12.4. The Kier molecular flexibility index (Phi) is 8.57. The van der Waals surface area contributed by atoms with Gasteiger partial charge in [-0.25, -0.2) is 5.43 Å². The summed E-state index contributed by atoms with van der Waals surface area (Å²) in [7, 11) is 4.55. The van der Waals surface area contributed by atoms with Gasteiger partial charge in [0, 0.05) is 10.0 Å². The molecule has 1 amide bonds. The molecule has 0 bridgehead atoms. The van der Waals surface area contributed by atoms with E-state index in [4.69, 9.17) is 30.5 Å². The van der Waals surface area contributed by atoms with Gasteiger partial charge in [-0.05, 0) is 53.6 Å². The molecule has 0 aliphatic heterocycles. The van der Waals surface area contributed by atoms with Crippen molar-refractivity contribution in [2.45, 2.75) is 6.61 Å². The summed E-state index contributed by atoms with van der Waals surface area (Å²) in [6, 6.07) is 16.0. The summed E-state index contributed by atoms with van der Waals surface area (Å²) >= 11 is 9.82. The second kappa shape index (κ2) is 11.6. The average Bonchev–Trinajstić information content (AvgIpc) is 2.83. The molecular weight excluding hydrogens is 512 g/mol. The summed E-state index contributed by atoms with van der Waals surface area (Å²) in [5.74, 6) is 1.45. The number of methoxy groups -OCH3 is 3. The summed E-state index contributed by atoms with van der Waals surface area (Å²) in [5.41, 5.74) is 4.46. The molecule has 33 heavy (non-hydrogen) atoms. The van der Waals surface area contributed by atoms with Gasteiger partial charge in [-0.3, -0.25) is 4.79 Å². The molecule has 0 saturated carbocycles. The Balaban J connectivity index is 1.68. The van der Waals surface area contributed by atoms with Crippen LogP contribution in [0.15, 0.2) is 64.2 Å². The molecule has 3 aromatic rings. The van der Waals surface area contributed by atoms with E-state index in [9.17, 15) is 4.79 Å². The lowest BCUT2D eigenvalue weighted by atomic mass is 10.2. The molecule has 0 aliphatic rings. The van der Waals surface area contributed by atoms with E-state index < -0.39 is 5.91 Å². The highest BCUT2D eigenvalue weighted by molar-refractivity contribution is 9.10. The standard InChI is InChI=1S/C24H22BrClN2O5/c1-30-20-9-6-17(12-21(20)31-2)24(29)28-27-13-16-10-19(26)23(22(11-16)32-3)33-14-15-4-7-18(25)8-5-15/h4-13H,14H2,1-3H3,(H,28,29)/b27-13+. The van der Waals surface area contributed by atoms with E-state index in [-0.39, 0.29) is 0 Å². The van der Waals surface area contributed by atoms with Crippen LogP contribution in [0, 0.1) is 0 Å². The molecule has 7 nitrogen and oxygen atoms in total. The van der Waals surface area contributed by atoms with Gasteiger partial charge in [0.05, 0.1) is 32.6 Å². The van der Waals surface area contributed by atoms with E-state index in [1.165, 1.54) is 27.5 Å². The van der Waals surface area contributed by atoms with Crippen molar-refractivity contribution in [1.82, 2.24) is 5.43 Å². The fourth-order valence-electron chi connectivity index (χ4n) is 2.90. The fourth-order valence-corrected chi connectivity index (χ4v) is 3.44. The van der Waals surface area contributed by atoms with E-state index in [1.54, 1.807) is 30.3 Å². The van der Waals surface area contributed by atoms with Crippen LogP contribution in [-0.2, 0) is 6.61 Å². The molecule has 0 aliphatic carbocycles. The number of carbonyl (C=O) groups is 1. The zero-order valence-corrected chi connectivity index (χ0v) is 20.6. The molecule has 3 aromatic carbocycles. The number of rotatable bonds is 9. The van der Waals surface area contributed by atoms with Crippen LogP contribution in [-0.4, -0.2) is 33.5 Å². The van der Waals surface area contributed by atoms with Crippen LogP contribution in [0.2, 0.25) is 5.02 Å². The second-order valence-corrected chi connectivity index (χ2v) is 8.04. The summed E-state index contributed by atoms with van der Waals surface area (Å²) in [6.45, 7) is 0.332. The summed E-state index contributed by atoms with van der Waals surface area (Å²) in [5, 5.41) is 4.37. The van der Waals surface area contributed by atoms with Crippen LogP contribution in [0.25, 0.3) is 0 Å². The molecule has 0 spiro atoms. The zero-order valence-electron chi connectivity index (χ0n) is 18.2. The smallest absolute Gasteiger partial charge is 0.271 e. The number of hydrogen-bond donors (Lipinski definition) is 1. The highest BCUT2D eigenvalue weighted by atomic mass is 79.9. The minimum atomic E-state index is -0.403. The van der Waals surface area contributed by atoms with Crippen LogP contribution in [0.5, 0.6) is 23.0 Å². The molecule has 9 heteroatoms. The molecule has 0 fully saturated rings. The van der Waals surface area contributed by atoms with Gasteiger partial charge >= 0.3 is 0 Å². The molecule has 172 valence electrons. The van der Waals surface area contributed by atoms with E-state index in [0.717, 1.165) is 10.0 Å². The van der Waals surface area contributed by atoms with Crippen LogP contribution < -0.4 is 24.4 Å². The normalized spacial score (nSPS) is 10.7. The number of nitrogens with one attached hydrogen (secondary N) is 1. The monoisotopic (exact) mass is 532 g/mol. The lowest BCUT2D eigenvalue weighted by molar-refractivity contribution is 0.0954. The molecule has 0 atom stereocenters. The third-order valence-electron chi connectivity index (χ3n) is 4.57. The number of hydrazone groups is 1. The molecule has 0 unspecified atom stereocenters. The minimum Gasteiger partial charge on any atom is -0.493 e. The predicted molar refractivity (Wildman–Crippen MR) is 131 cm³/mol. The zero-order chi connectivity index (χ0) is 23.8. The first kappa shape index (κ1) is 24.4. The maximum absolute atomic E-state index is 12.4. The molecule has 0 saturated heterocycles. The number of hydrogen-bond acceptors (Lipinski definition) is 6. The molecular formula is C24H22BrClN2O5. The summed E-state index contributed by atoms with van der Waals surface area (Å²) < 4.78 is 22.7. The van der Waals surface area contributed by atoms with Gasteiger partial charge in [0.1, 0.15) is 6.61 Å². The highest BCUT2D eigenvalue weighted by Crippen LogP contribution is 2.36. The Hall–Kier alpha value is -3.23. The SMILES string of the molecule is COc1ccc(C(=O)N/N=C/c2cc(Cl)c(OCc3ccc(Br)cc3)c(OC)c2)cc1OC. The number of amides is 1. The van der Waals surface area contributed by atoms with Gasteiger partial charge in [-0.15, -0.1) is 0 Å². The van der Waals surface area contributed by atoms with Gasteiger partial charge in [-0.2, -0.15) is 5.10 Å².